The Balaban J connectivity index is 0. The molecule has 0 radical (unpaired) electrons. The molecule has 0 spiro atoms. The van der Waals surface area contributed by atoms with Crippen LogP contribution in [0.25, 0.3) is 0 Å². The fraction of sp³-hybridized carbons (Fsp3) is 0.286. The zero-order valence-corrected chi connectivity index (χ0v) is 5.65. The summed E-state index contributed by atoms with van der Waals surface area (Å²) in [5, 5.41) is 0. The van der Waals surface area contributed by atoms with Gasteiger partial charge in [-0.2, -0.15) is 0 Å². The number of hydrogen-bond donors (Lipinski definition) is 0. The molecule has 0 unspecified atom stereocenters. The van der Waals surface area contributed by atoms with Crippen molar-refractivity contribution >= 4 is 6.21 Å². The van der Waals surface area contributed by atoms with Gasteiger partial charge in [0, 0.05) is 11.9 Å². The standard InChI is InChI=1S/C5H9N.C2H4/c1-4-6-5(2)3;1-2/h4H,2H2,1,3H3;1-2H2. The Morgan fingerprint density at radius 1 is 1.50 bits per heavy atom. The maximum atomic E-state index is 3.81. The van der Waals surface area contributed by atoms with E-state index in [0.717, 1.165) is 5.70 Å². The number of rotatable bonds is 1. The third-order valence-corrected chi connectivity index (χ3v) is 0.349. The fourth-order valence-electron chi connectivity index (χ4n) is 0.220. The summed E-state index contributed by atoms with van der Waals surface area (Å²) < 4.78 is 0. The highest BCUT2D eigenvalue weighted by atomic mass is 14.7. The molecule has 0 atom stereocenters. The first kappa shape index (κ1) is 10.2. The summed E-state index contributed by atoms with van der Waals surface area (Å²) in [4.78, 5) is 3.81. The Hall–Kier alpha value is -0.850. The highest BCUT2D eigenvalue weighted by Crippen LogP contribution is 1.82. The molecule has 0 aliphatic heterocycles. The van der Waals surface area contributed by atoms with E-state index in [9.17, 15) is 0 Å². The molecule has 1 nitrogen and oxygen atoms in total. The third kappa shape index (κ3) is 19.2. The van der Waals surface area contributed by atoms with Gasteiger partial charge in [-0.1, -0.05) is 6.58 Å². The maximum Gasteiger partial charge on any atom is 0.0296 e. The molecular weight excluding hydrogens is 98.1 g/mol. The number of hydrogen-bond acceptors (Lipinski definition) is 1. The molecule has 1 heteroatoms. The van der Waals surface area contributed by atoms with E-state index in [1.165, 1.54) is 0 Å². The molecule has 0 fully saturated rings. The maximum absolute atomic E-state index is 3.81. The van der Waals surface area contributed by atoms with Gasteiger partial charge in [0.1, 0.15) is 0 Å². The van der Waals surface area contributed by atoms with Crippen LogP contribution in [0, 0.1) is 0 Å². The van der Waals surface area contributed by atoms with Gasteiger partial charge in [0.05, 0.1) is 0 Å². The summed E-state index contributed by atoms with van der Waals surface area (Å²) in [5.74, 6) is 0. The zero-order valence-electron chi connectivity index (χ0n) is 5.65. The lowest BCUT2D eigenvalue weighted by Crippen LogP contribution is -1.60. The molecule has 0 aromatic rings. The molecular formula is C7H13N. The summed E-state index contributed by atoms with van der Waals surface area (Å²) in [6, 6.07) is 0. The van der Waals surface area contributed by atoms with Crippen LogP contribution in [-0.4, -0.2) is 6.21 Å². The predicted molar refractivity (Wildman–Crippen MR) is 40.2 cm³/mol. The third-order valence-electron chi connectivity index (χ3n) is 0.349. The molecule has 0 amide bonds. The van der Waals surface area contributed by atoms with Crippen LogP contribution in [0.2, 0.25) is 0 Å². The van der Waals surface area contributed by atoms with Crippen molar-refractivity contribution in [1.82, 2.24) is 0 Å². The van der Waals surface area contributed by atoms with Gasteiger partial charge in [0.2, 0.25) is 0 Å². The topological polar surface area (TPSA) is 12.4 Å². The average molecular weight is 111 g/mol. The Bertz CT molecular complexity index is 82.4. The first-order valence-electron chi connectivity index (χ1n) is 2.41. The van der Waals surface area contributed by atoms with Crippen molar-refractivity contribution in [3.63, 3.8) is 0 Å². The Morgan fingerprint density at radius 3 is 1.88 bits per heavy atom. The van der Waals surface area contributed by atoms with Gasteiger partial charge in [0.25, 0.3) is 0 Å². The smallest absolute Gasteiger partial charge is 0.0296 e. The van der Waals surface area contributed by atoms with E-state index < -0.39 is 0 Å². The van der Waals surface area contributed by atoms with Crippen LogP contribution < -0.4 is 0 Å². The van der Waals surface area contributed by atoms with Crippen LogP contribution in [0.15, 0.2) is 30.4 Å². The molecule has 0 bridgehead atoms. The van der Waals surface area contributed by atoms with E-state index in [4.69, 9.17) is 0 Å². The summed E-state index contributed by atoms with van der Waals surface area (Å²) in [5.41, 5.74) is 0.859. The lowest BCUT2D eigenvalue weighted by molar-refractivity contribution is 1.34. The van der Waals surface area contributed by atoms with E-state index >= 15 is 0 Å². The number of aliphatic imine (C=N–C) groups is 1. The Morgan fingerprint density at radius 2 is 1.88 bits per heavy atom. The van der Waals surface area contributed by atoms with E-state index in [2.05, 4.69) is 24.7 Å². The van der Waals surface area contributed by atoms with Crippen LogP contribution in [0.1, 0.15) is 13.8 Å². The van der Waals surface area contributed by atoms with Crippen molar-refractivity contribution < 1.29 is 0 Å². The van der Waals surface area contributed by atoms with Gasteiger partial charge >= 0.3 is 0 Å². The molecule has 0 aromatic carbocycles. The molecule has 0 aliphatic rings. The van der Waals surface area contributed by atoms with Gasteiger partial charge in [-0.15, -0.1) is 13.2 Å². The lowest BCUT2D eigenvalue weighted by Gasteiger charge is -1.77. The largest absolute Gasteiger partial charge is 0.267 e. The summed E-state index contributed by atoms with van der Waals surface area (Å²) in [6.07, 6.45) is 1.72. The first-order chi connectivity index (χ1) is 3.77. The quantitative estimate of drug-likeness (QED) is 0.364. The minimum Gasteiger partial charge on any atom is -0.267 e. The van der Waals surface area contributed by atoms with E-state index in [1.807, 2.05) is 13.8 Å². The average Bonchev–Trinajstić information content (AvgIpc) is 1.72. The van der Waals surface area contributed by atoms with Gasteiger partial charge in [0.15, 0.2) is 0 Å². The highest BCUT2D eigenvalue weighted by molar-refractivity contribution is 5.54. The molecule has 0 rings (SSSR count). The minimum atomic E-state index is 0.859. The van der Waals surface area contributed by atoms with Gasteiger partial charge in [-0.05, 0) is 13.8 Å². The summed E-state index contributed by atoms with van der Waals surface area (Å²) in [6.45, 7) is 13.3. The van der Waals surface area contributed by atoms with Crippen LogP contribution in [0.5, 0.6) is 0 Å². The summed E-state index contributed by atoms with van der Waals surface area (Å²) in [7, 11) is 0. The molecule has 46 valence electrons. The number of allylic oxidation sites excluding steroid dienone is 1. The van der Waals surface area contributed by atoms with Crippen LogP contribution in [0.4, 0.5) is 0 Å². The zero-order chi connectivity index (χ0) is 6.99. The molecule has 0 saturated heterocycles. The molecule has 0 saturated carbocycles. The van der Waals surface area contributed by atoms with Gasteiger partial charge in [-0.3, -0.25) is 4.99 Å². The van der Waals surface area contributed by atoms with E-state index in [1.54, 1.807) is 6.21 Å². The molecule has 0 N–H and O–H groups in total. The van der Waals surface area contributed by atoms with Crippen molar-refractivity contribution in [3.05, 3.63) is 25.4 Å². The van der Waals surface area contributed by atoms with Crippen molar-refractivity contribution in [2.24, 2.45) is 4.99 Å². The van der Waals surface area contributed by atoms with Crippen molar-refractivity contribution in [2.75, 3.05) is 0 Å². The van der Waals surface area contributed by atoms with Crippen LogP contribution >= 0.6 is 0 Å². The van der Waals surface area contributed by atoms with Crippen molar-refractivity contribution in [2.45, 2.75) is 13.8 Å². The number of nitrogens with zero attached hydrogens (tertiary/aromatic N) is 1. The highest BCUT2D eigenvalue weighted by Gasteiger charge is 1.64. The SMILES string of the molecule is C=C.C=C(C)N=CC. The molecule has 0 heterocycles. The second-order valence-electron chi connectivity index (χ2n) is 1.12. The van der Waals surface area contributed by atoms with Gasteiger partial charge in [-0.25, -0.2) is 0 Å². The Kier molecular flexibility index (Phi) is 12.1. The lowest BCUT2D eigenvalue weighted by atomic mass is 10.6. The molecule has 0 aromatic heterocycles. The second kappa shape index (κ2) is 9.47. The fourth-order valence-corrected chi connectivity index (χ4v) is 0.220. The summed E-state index contributed by atoms with van der Waals surface area (Å²) >= 11 is 0. The Labute approximate surface area is 51.5 Å². The van der Waals surface area contributed by atoms with Gasteiger partial charge < -0.3 is 0 Å². The molecule has 8 heavy (non-hydrogen) atoms. The van der Waals surface area contributed by atoms with Crippen molar-refractivity contribution in [3.8, 4) is 0 Å². The minimum absolute atomic E-state index is 0.859. The van der Waals surface area contributed by atoms with E-state index in [0.29, 0.717) is 0 Å². The van der Waals surface area contributed by atoms with E-state index in [-0.39, 0.29) is 0 Å². The monoisotopic (exact) mass is 111 g/mol. The predicted octanol–water partition coefficient (Wildman–Crippen LogP) is 2.41. The van der Waals surface area contributed by atoms with Crippen LogP contribution in [0.3, 0.4) is 0 Å². The normalized spacial score (nSPS) is 7.75. The van der Waals surface area contributed by atoms with Crippen molar-refractivity contribution in [1.29, 1.82) is 0 Å². The first-order valence-corrected chi connectivity index (χ1v) is 2.41. The molecule has 0 aliphatic carbocycles. The van der Waals surface area contributed by atoms with Crippen LogP contribution in [-0.2, 0) is 0 Å². The second-order valence-corrected chi connectivity index (χ2v) is 1.12.